The molecule has 1 saturated heterocycles. The molecule has 0 radical (unpaired) electrons. The van der Waals surface area contributed by atoms with E-state index in [1.165, 1.54) is 6.42 Å². The zero-order valence-electron chi connectivity index (χ0n) is 11.1. The second-order valence-electron chi connectivity index (χ2n) is 5.30. The normalized spacial score (nSPS) is 24.8. The molecular formula is C12H17N5O2. The van der Waals surface area contributed by atoms with E-state index >= 15 is 0 Å². The average Bonchev–Trinajstić information content (AvgIpc) is 2.99. The summed E-state index contributed by atoms with van der Waals surface area (Å²) < 4.78 is 0. The van der Waals surface area contributed by atoms with Crippen molar-refractivity contribution in [1.29, 1.82) is 0 Å². The van der Waals surface area contributed by atoms with E-state index in [1.807, 2.05) is 0 Å². The molecule has 1 aromatic heterocycles. The number of rotatable bonds is 3. The lowest BCUT2D eigenvalue weighted by Gasteiger charge is -2.28. The summed E-state index contributed by atoms with van der Waals surface area (Å²) in [5.41, 5.74) is 0.466. The van der Waals surface area contributed by atoms with Gasteiger partial charge in [-0.05, 0) is 32.1 Å². The maximum absolute atomic E-state index is 11.3. The number of fused-ring (bicyclic) bond motifs is 2. The van der Waals surface area contributed by atoms with E-state index in [1.54, 1.807) is 14.0 Å². The van der Waals surface area contributed by atoms with Crippen molar-refractivity contribution in [2.24, 2.45) is 5.92 Å². The van der Waals surface area contributed by atoms with Crippen molar-refractivity contribution < 1.29 is 4.92 Å². The van der Waals surface area contributed by atoms with Gasteiger partial charge in [0.15, 0.2) is 0 Å². The molecule has 0 aromatic carbocycles. The Balaban J connectivity index is 2.07. The first-order valence-corrected chi connectivity index (χ1v) is 6.57. The first-order valence-electron chi connectivity index (χ1n) is 6.57. The van der Waals surface area contributed by atoms with Gasteiger partial charge in [-0.3, -0.25) is 10.1 Å². The van der Waals surface area contributed by atoms with Gasteiger partial charge < -0.3 is 10.2 Å². The van der Waals surface area contributed by atoms with E-state index in [2.05, 4.69) is 20.2 Å². The van der Waals surface area contributed by atoms with Crippen LogP contribution in [0.2, 0.25) is 0 Å². The molecule has 1 aliphatic heterocycles. The summed E-state index contributed by atoms with van der Waals surface area (Å²) in [5.74, 6) is 1.59. The molecule has 1 N–H and O–H groups in total. The topological polar surface area (TPSA) is 84.2 Å². The first-order chi connectivity index (χ1) is 9.10. The second-order valence-corrected chi connectivity index (χ2v) is 5.30. The summed E-state index contributed by atoms with van der Waals surface area (Å²) >= 11 is 0. The number of aromatic nitrogens is 2. The lowest BCUT2D eigenvalue weighted by atomic mass is 10.1. The molecule has 19 heavy (non-hydrogen) atoms. The summed E-state index contributed by atoms with van der Waals surface area (Å²) in [6.07, 6.45) is 3.48. The van der Waals surface area contributed by atoms with Gasteiger partial charge in [0.25, 0.3) is 0 Å². The number of piperidine rings is 1. The molecule has 102 valence electrons. The van der Waals surface area contributed by atoms with Gasteiger partial charge >= 0.3 is 5.69 Å². The van der Waals surface area contributed by atoms with Crippen molar-refractivity contribution in [3.05, 3.63) is 15.8 Å². The van der Waals surface area contributed by atoms with Crippen LogP contribution in [0.5, 0.6) is 0 Å². The molecule has 7 nitrogen and oxygen atoms in total. The van der Waals surface area contributed by atoms with E-state index in [4.69, 9.17) is 0 Å². The van der Waals surface area contributed by atoms with Gasteiger partial charge in [0.05, 0.1) is 4.92 Å². The van der Waals surface area contributed by atoms with E-state index in [-0.39, 0.29) is 10.6 Å². The van der Waals surface area contributed by atoms with Crippen molar-refractivity contribution in [2.75, 3.05) is 23.8 Å². The zero-order chi connectivity index (χ0) is 13.6. The Morgan fingerprint density at radius 3 is 2.74 bits per heavy atom. The second kappa shape index (κ2) is 4.32. The SMILES string of the molecule is CNc1nc(C)c([N+](=O)[O-])c(N2CC3CCC2C3)n1. The Morgan fingerprint density at radius 2 is 2.21 bits per heavy atom. The highest BCUT2D eigenvalue weighted by atomic mass is 16.6. The Labute approximate surface area is 111 Å². The fourth-order valence-electron chi connectivity index (χ4n) is 3.26. The third kappa shape index (κ3) is 1.89. The van der Waals surface area contributed by atoms with Gasteiger partial charge in [-0.1, -0.05) is 0 Å². The van der Waals surface area contributed by atoms with E-state index in [9.17, 15) is 10.1 Å². The fourth-order valence-corrected chi connectivity index (χ4v) is 3.26. The van der Waals surface area contributed by atoms with Crippen LogP contribution in [0, 0.1) is 23.0 Å². The third-order valence-electron chi connectivity index (χ3n) is 4.13. The number of anilines is 2. The summed E-state index contributed by atoms with van der Waals surface area (Å²) in [7, 11) is 1.72. The van der Waals surface area contributed by atoms with Gasteiger partial charge in [0, 0.05) is 19.6 Å². The van der Waals surface area contributed by atoms with Crippen LogP contribution in [0.3, 0.4) is 0 Å². The van der Waals surface area contributed by atoms with Crippen LogP contribution >= 0.6 is 0 Å². The number of hydrogen-bond acceptors (Lipinski definition) is 6. The zero-order valence-corrected chi connectivity index (χ0v) is 11.1. The molecule has 2 unspecified atom stereocenters. The molecule has 1 aliphatic carbocycles. The molecule has 2 aliphatic rings. The molecular weight excluding hydrogens is 246 g/mol. The highest BCUT2D eigenvalue weighted by molar-refractivity contribution is 5.63. The monoisotopic (exact) mass is 263 g/mol. The van der Waals surface area contributed by atoms with Crippen LogP contribution < -0.4 is 10.2 Å². The summed E-state index contributed by atoms with van der Waals surface area (Å²) in [5, 5.41) is 14.2. The summed E-state index contributed by atoms with van der Waals surface area (Å²) in [4.78, 5) is 21.5. The highest BCUT2D eigenvalue weighted by Crippen LogP contribution is 2.42. The average molecular weight is 263 g/mol. The molecule has 0 spiro atoms. The lowest BCUT2D eigenvalue weighted by molar-refractivity contribution is -0.385. The number of nitrogens with zero attached hydrogens (tertiary/aromatic N) is 4. The fraction of sp³-hybridized carbons (Fsp3) is 0.667. The van der Waals surface area contributed by atoms with Crippen molar-refractivity contribution in [2.45, 2.75) is 32.2 Å². The van der Waals surface area contributed by atoms with Gasteiger partial charge in [-0.15, -0.1) is 0 Å². The predicted molar refractivity (Wildman–Crippen MR) is 71.4 cm³/mol. The summed E-state index contributed by atoms with van der Waals surface area (Å²) in [6, 6.07) is 0.405. The van der Waals surface area contributed by atoms with Crippen LogP contribution in [-0.4, -0.2) is 34.5 Å². The van der Waals surface area contributed by atoms with Crippen LogP contribution in [0.25, 0.3) is 0 Å². The maximum Gasteiger partial charge on any atom is 0.332 e. The van der Waals surface area contributed by atoms with Gasteiger partial charge in [-0.25, -0.2) is 4.98 Å². The Morgan fingerprint density at radius 1 is 1.42 bits per heavy atom. The molecule has 2 fully saturated rings. The minimum atomic E-state index is -0.365. The molecule has 2 heterocycles. The predicted octanol–water partition coefficient (Wildman–Crippen LogP) is 1.72. The minimum absolute atomic E-state index is 0.0477. The lowest BCUT2D eigenvalue weighted by Crippen LogP contribution is -2.33. The Kier molecular flexibility index (Phi) is 2.76. The molecule has 0 amide bonds. The van der Waals surface area contributed by atoms with Crippen LogP contribution in [0.4, 0.5) is 17.5 Å². The van der Waals surface area contributed by atoms with E-state index < -0.39 is 0 Å². The minimum Gasteiger partial charge on any atom is -0.357 e. The Hall–Kier alpha value is -1.92. The molecule has 7 heteroatoms. The highest BCUT2D eigenvalue weighted by Gasteiger charge is 2.41. The van der Waals surface area contributed by atoms with Crippen molar-refractivity contribution in [3.8, 4) is 0 Å². The molecule has 3 rings (SSSR count). The molecule has 1 saturated carbocycles. The smallest absolute Gasteiger partial charge is 0.332 e. The number of aryl methyl sites for hydroxylation is 1. The third-order valence-corrected chi connectivity index (χ3v) is 4.13. The largest absolute Gasteiger partial charge is 0.357 e. The van der Waals surface area contributed by atoms with Crippen molar-refractivity contribution in [1.82, 2.24) is 9.97 Å². The van der Waals surface area contributed by atoms with Crippen molar-refractivity contribution in [3.63, 3.8) is 0 Å². The first kappa shape index (κ1) is 12.1. The number of hydrogen-bond donors (Lipinski definition) is 1. The maximum atomic E-state index is 11.3. The standard InChI is InChI=1S/C12H17N5O2/c1-7-10(17(18)19)11(15-12(13-2)14-7)16-6-8-3-4-9(16)5-8/h8-9H,3-6H2,1-2H3,(H,13,14,15). The van der Waals surface area contributed by atoms with Crippen LogP contribution in [0.15, 0.2) is 0 Å². The van der Waals surface area contributed by atoms with E-state index in [0.717, 1.165) is 19.4 Å². The van der Waals surface area contributed by atoms with Gasteiger partial charge in [0.1, 0.15) is 5.69 Å². The quantitative estimate of drug-likeness (QED) is 0.660. The van der Waals surface area contributed by atoms with Crippen LogP contribution in [-0.2, 0) is 0 Å². The van der Waals surface area contributed by atoms with Crippen molar-refractivity contribution >= 4 is 17.5 Å². The number of nitrogens with one attached hydrogen (secondary N) is 1. The molecule has 2 bridgehead atoms. The van der Waals surface area contributed by atoms with Gasteiger partial charge in [0.2, 0.25) is 11.8 Å². The van der Waals surface area contributed by atoms with Gasteiger partial charge in [-0.2, -0.15) is 4.98 Å². The molecule has 2 atom stereocenters. The number of nitro groups is 1. The van der Waals surface area contributed by atoms with E-state index in [0.29, 0.717) is 29.4 Å². The Bertz CT molecular complexity index is 533. The van der Waals surface area contributed by atoms with Crippen LogP contribution in [0.1, 0.15) is 25.0 Å². The molecule has 1 aromatic rings. The summed E-state index contributed by atoms with van der Waals surface area (Å²) in [6.45, 7) is 2.55.